The molecule has 25 heavy (non-hydrogen) atoms. The van der Waals surface area contributed by atoms with Crippen molar-refractivity contribution in [3.63, 3.8) is 0 Å². The first-order chi connectivity index (χ1) is 12.1. The summed E-state index contributed by atoms with van der Waals surface area (Å²) in [5, 5.41) is 13.6. The lowest BCUT2D eigenvalue weighted by Crippen LogP contribution is -2.19. The van der Waals surface area contributed by atoms with Gasteiger partial charge >= 0.3 is 0 Å². The third-order valence-electron chi connectivity index (χ3n) is 3.52. The minimum atomic E-state index is -0.787. The number of aliphatic hydroxyl groups excluding tert-OH is 1. The average molecular weight is 374 g/mol. The summed E-state index contributed by atoms with van der Waals surface area (Å²) >= 11 is 7.47. The van der Waals surface area contributed by atoms with Gasteiger partial charge in [-0.05, 0) is 42.0 Å². The third-order valence-corrected chi connectivity index (χ3v) is 5.00. The van der Waals surface area contributed by atoms with Gasteiger partial charge in [0.05, 0.1) is 12.8 Å². The Kier molecular flexibility index (Phi) is 5.71. The second-order valence-electron chi connectivity index (χ2n) is 5.29. The summed E-state index contributed by atoms with van der Waals surface area (Å²) in [6.07, 6.45) is 3.87. The van der Waals surface area contributed by atoms with Crippen molar-refractivity contribution >= 4 is 34.9 Å². The Morgan fingerprint density at radius 2 is 2.08 bits per heavy atom. The summed E-state index contributed by atoms with van der Waals surface area (Å²) in [5.41, 5.74) is 0.791. The molecule has 0 saturated heterocycles. The molecule has 2 N–H and O–H groups in total. The highest BCUT2D eigenvalue weighted by molar-refractivity contribution is 7.12. The van der Waals surface area contributed by atoms with Gasteiger partial charge in [-0.25, -0.2) is 0 Å². The molecular formula is C19H16ClNO3S. The standard InChI is InChI=1S/C19H16ClNO3S/c20-15-5-2-1-4-13(15)7-10-18(22)21-12-14-8-9-17(25-14)19(23)16-6-3-11-24-16/h1-11,19,23H,12H2,(H,21,22). The van der Waals surface area contributed by atoms with Crippen molar-refractivity contribution in [1.29, 1.82) is 0 Å². The molecule has 0 aliphatic carbocycles. The van der Waals surface area contributed by atoms with Crippen LogP contribution >= 0.6 is 22.9 Å². The summed E-state index contributed by atoms with van der Waals surface area (Å²) in [7, 11) is 0. The summed E-state index contributed by atoms with van der Waals surface area (Å²) in [5.74, 6) is 0.293. The number of benzene rings is 1. The van der Waals surface area contributed by atoms with Crippen molar-refractivity contribution in [2.24, 2.45) is 0 Å². The number of amides is 1. The lowest BCUT2D eigenvalue weighted by atomic mass is 10.2. The second-order valence-corrected chi connectivity index (χ2v) is 6.90. The number of carbonyl (C=O) groups excluding carboxylic acids is 1. The summed E-state index contributed by atoms with van der Waals surface area (Å²) in [6, 6.07) is 14.5. The molecule has 2 heterocycles. The van der Waals surface area contributed by atoms with Crippen LogP contribution in [-0.4, -0.2) is 11.0 Å². The van der Waals surface area contributed by atoms with Crippen LogP contribution in [-0.2, 0) is 11.3 Å². The summed E-state index contributed by atoms with van der Waals surface area (Å²) in [4.78, 5) is 13.6. The molecule has 4 nitrogen and oxygen atoms in total. The number of halogens is 1. The quantitative estimate of drug-likeness (QED) is 0.629. The van der Waals surface area contributed by atoms with Crippen LogP contribution in [0.4, 0.5) is 0 Å². The van der Waals surface area contributed by atoms with Gasteiger partial charge in [0, 0.05) is 20.9 Å². The fourth-order valence-electron chi connectivity index (χ4n) is 2.23. The average Bonchev–Trinajstić information content (AvgIpc) is 3.30. The molecule has 0 bridgehead atoms. The van der Waals surface area contributed by atoms with Gasteiger partial charge in [0.15, 0.2) is 0 Å². The first-order valence-corrected chi connectivity index (χ1v) is 8.83. The maximum absolute atomic E-state index is 11.9. The Bertz CT molecular complexity index is 870. The van der Waals surface area contributed by atoms with E-state index in [1.165, 1.54) is 23.7 Å². The Labute approximate surface area is 154 Å². The van der Waals surface area contributed by atoms with E-state index in [-0.39, 0.29) is 5.91 Å². The largest absolute Gasteiger partial charge is 0.466 e. The smallest absolute Gasteiger partial charge is 0.244 e. The van der Waals surface area contributed by atoms with Gasteiger partial charge in [0.1, 0.15) is 11.9 Å². The van der Waals surface area contributed by atoms with Crippen molar-refractivity contribution in [3.05, 3.63) is 87.0 Å². The van der Waals surface area contributed by atoms with Gasteiger partial charge < -0.3 is 14.8 Å². The molecule has 1 amide bonds. The minimum absolute atomic E-state index is 0.207. The highest BCUT2D eigenvalue weighted by atomic mass is 35.5. The zero-order chi connectivity index (χ0) is 17.6. The highest BCUT2D eigenvalue weighted by Gasteiger charge is 2.15. The van der Waals surface area contributed by atoms with E-state index in [0.717, 1.165) is 15.3 Å². The normalized spacial score (nSPS) is 12.4. The van der Waals surface area contributed by atoms with Crippen LogP contribution < -0.4 is 5.32 Å². The van der Waals surface area contributed by atoms with Crippen LogP contribution in [0.3, 0.4) is 0 Å². The van der Waals surface area contributed by atoms with Gasteiger partial charge in [0.2, 0.25) is 5.91 Å². The predicted octanol–water partition coefficient (Wildman–Crippen LogP) is 4.41. The highest BCUT2D eigenvalue weighted by Crippen LogP contribution is 2.28. The number of hydrogen-bond acceptors (Lipinski definition) is 4. The van der Waals surface area contributed by atoms with Crippen LogP contribution in [0, 0.1) is 0 Å². The maximum Gasteiger partial charge on any atom is 0.244 e. The Morgan fingerprint density at radius 1 is 1.24 bits per heavy atom. The van der Waals surface area contributed by atoms with Crippen molar-refractivity contribution in [3.8, 4) is 0 Å². The molecule has 2 aromatic heterocycles. The number of rotatable bonds is 6. The second kappa shape index (κ2) is 8.16. The first kappa shape index (κ1) is 17.5. The number of carbonyl (C=O) groups is 1. The molecule has 1 unspecified atom stereocenters. The fourth-order valence-corrected chi connectivity index (χ4v) is 3.38. The van der Waals surface area contributed by atoms with Gasteiger partial charge in [-0.2, -0.15) is 0 Å². The van der Waals surface area contributed by atoms with Crippen LogP contribution in [0.2, 0.25) is 5.02 Å². The van der Waals surface area contributed by atoms with Crippen molar-refractivity contribution in [1.82, 2.24) is 5.32 Å². The predicted molar refractivity (Wildman–Crippen MR) is 99.4 cm³/mol. The minimum Gasteiger partial charge on any atom is -0.466 e. The van der Waals surface area contributed by atoms with Crippen LogP contribution in [0.1, 0.15) is 27.2 Å². The molecule has 1 atom stereocenters. The van der Waals surface area contributed by atoms with E-state index < -0.39 is 6.10 Å². The molecule has 6 heteroatoms. The van der Waals surface area contributed by atoms with Crippen LogP contribution in [0.15, 0.2) is 65.3 Å². The van der Waals surface area contributed by atoms with Crippen LogP contribution in [0.25, 0.3) is 6.08 Å². The Balaban J connectivity index is 1.55. The summed E-state index contributed by atoms with van der Waals surface area (Å²) < 4.78 is 5.21. The lowest BCUT2D eigenvalue weighted by molar-refractivity contribution is -0.116. The number of furan rings is 1. The molecule has 3 rings (SSSR count). The molecule has 0 spiro atoms. The van der Waals surface area contributed by atoms with E-state index in [4.69, 9.17) is 16.0 Å². The molecule has 0 aliphatic rings. The molecule has 128 valence electrons. The Morgan fingerprint density at radius 3 is 2.84 bits per heavy atom. The van der Waals surface area contributed by atoms with Gasteiger partial charge in [0.25, 0.3) is 0 Å². The first-order valence-electron chi connectivity index (χ1n) is 7.64. The fraction of sp³-hybridized carbons (Fsp3) is 0.105. The zero-order valence-electron chi connectivity index (χ0n) is 13.2. The SMILES string of the molecule is O=C(C=Cc1ccccc1Cl)NCc1ccc(C(O)c2ccco2)s1. The van der Waals surface area contributed by atoms with Crippen LogP contribution in [0.5, 0.6) is 0 Å². The van der Waals surface area contributed by atoms with E-state index in [1.807, 2.05) is 30.3 Å². The van der Waals surface area contributed by atoms with Crippen molar-refractivity contribution in [2.75, 3.05) is 0 Å². The number of nitrogens with one attached hydrogen (secondary N) is 1. The maximum atomic E-state index is 11.9. The molecule has 3 aromatic rings. The molecule has 0 radical (unpaired) electrons. The molecule has 0 saturated carbocycles. The monoisotopic (exact) mass is 373 g/mol. The number of hydrogen-bond donors (Lipinski definition) is 2. The van der Waals surface area contributed by atoms with E-state index in [1.54, 1.807) is 24.3 Å². The van der Waals surface area contributed by atoms with E-state index in [2.05, 4.69) is 5.32 Å². The van der Waals surface area contributed by atoms with Gasteiger partial charge in [-0.3, -0.25) is 4.79 Å². The number of aliphatic hydroxyl groups is 1. The Hall–Kier alpha value is -2.34. The zero-order valence-corrected chi connectivity index (χ0v) is 14.8. The molecule has 0 aliphatic heterocycles. The van der Waals surface area contributed by atoms with E-state index in [9.17, 15) is 9.90 Å². The topological polar surface area (TPSA) is 62.5 Å². The summed E-state index contributed by atoms with van der Waals surface area (Å²) in [6.45, 7) is 0.390. The lowest BCUT2D eigenvalue weighted by Gasteiger charge is -2.04. The third kappa shape index (κ3) is 4.60. The molecule has 1 aromatic carbocycles. The van der Waals surface area contributed by atoms with E-state index in [0.29, 0.717) is 17.3 Å². The van der Waals surface area contributed by atoms with E-state index >= 15 is 0 Å². The van der Waals surface area contributed by atoms with Gasteiger partial charge in [-0.15, -0.1) is 11.3 Å². The molecular weight excluding hydrogens is 358 g/mol. The van der Waals surface area contributed by atoms with Gasteiger partial charge in [-0.1, -0.05) is 29.8 Å². The van der Waals surface area contributed by atoms with Crippen molar-refractivity contribution in [2.45, 2.75) is 12.6 Å². The number of thiophene rings is 1. The molecule has 0 fully saturated rings. The van der Waals surface area contributed by atoms with Crippen molar-refractivity contribution < 1.29 is 14.3 Å².